The largest absolute Gasteiger partial charge is 0.379 e. The first-order valence-electron chi connectivity index (χ1n) is 9.23. The number of benzene rings is 2. The van der Waals surface area contributed by atoms with Crippen molar-refractivity contribution < 1.29 is 27.1 Å². The van der Waals surface area contributed by atoms with Crippen molar-refractivity contribution in [1.82, 2.24) is 4.31 Å². The fourth-order valence-electron chi connectivity index (χ4n) is 2.92. The SMILES string of the molecule is CC(=O)N(C)c1ccc(NC(=O)c2cc(S(=O)(=O)N3CCOCC3)ccc2F)cc1. The Morgan fingerprint density at radius 1 is 1.10 bits per heavy atom. The lowest BCUT2D eigenvalue weighted by Crippen LogP contribution is -2.40. The van der Waals surface area contributed by atoms with E-state index in [-0.39, 0.29) is 42.7 Å². The maximum absolute atomic E-state index is 14.3. The average Bonchev–Trinajstić information content (AvgIpc) is 2.74. The van der Waals surface area contributed by atoms with Crippen molar-refractivity contribution in [2.45, 2.75) is 11.8 Å². The number of ether oxygens (including phenoxy) is 1. The number of amides is 2. The van der Waals surface area contributed by atoms with Gasteiger partial charge in [0, 0.05) is 38.4 Å². The number of halogens is 1. The van der Waals surface area contributed by atoms with Crippen LogP contribution in [0.25, 0.3) is 0 Å². The molecule has 2 aromatic rings. The molecular formula is C20H22FN3O5S. The topological polar surface area (TPSA) is 96.0 Å². The van der Waals surface area contributed by atoms with Gasteiger partial charge in [0.1, 0.15) is 5.82 Å². The maximum atomic E-state index is 14.3. The van der Waals surface area contributed by atoms with Gasteiger partial charge in [0.2, 0.25) is 15.9 Å². The van der Waals surface area contributed by atoms with Crippen molar-refractivity contribution >= 4 is 33.2 Å². The molecule has 1 heterocycles. The zero-order valence-corrected chi connectivity index (χ0v) is 17.4. The molecule has 1 aliphatic rings. The van der Waals surface area contributed by atoms with Gasteiger partial charge in [-0.1, -0.05) is 0 Å². The standard InChI is InChI=1S/C20H22FN3O5S/c1-14(25)23(2)16-5-3-15(4-6-16)22-20(26)18-13-17(7-8-19(18)21)30(27,28)24-9-11-29-12-10-24/h3-8,13H,9-12H2,1-2H3,(H,22,26). The lowest BCUT2D eigenvalue weighted by atomic mass is 10.2. The molecule has 2 amide bonds. The van der Waals surface area contributed by atoms with E-state index >= 15 is 0 Å². The summed E-state index contributed by atoms with van der Waals surface area (Å²) in [6, 6.07) is 9.54. The van der Waals surface area contributed by atoms with Crippen molar-refractivity contribution in [2.75, 3.05) is 43.6 Å². The van der Waals surface area contributed by atoms with E-state index in [9.17, 15) is 22.4 Å². The molecule has 0 unspecified atom stereocenters. The number of rotatable bonds is 5. The number of nitrogens with one attached hydrogen (secondary N) is 1. The van der Waals surface area contributed by atoms with Gasteiger partial charge in [0.05, 0.1) is 23.7 Å². The van der Waals surface area contributed by atoms with Gasteiger partial charge in [-0.2, -0.15) is 4.31 Å². The first-order chi connectivity index (χ1) is 14.2. The van der Waals surface area contributed by atoms with Gasteiger partial charge in [-0.15, -0.1) is 0 Å². The fraction of sp³-hybridized carbons (Fsp3) is 0.300. The third-order valence-electron chi connectivity index (χ3n) is 4.78. The van der Waals surface area contributed by atoms with Crippen LogP contribution in [0.5, 0.6) is 0 Å². The van der Waals surface area contributed by atoms with E-state index in [1.807, 2.05) is 0 Å². The molecule has 30 heavy (non-hydrogen) atoms. The summed E-state index contributed by atoms with van der Waals surface area (Å²) < 4.78 is 46.2. The number of hydrogen-bond acceptors (Lipinski definition) is 5. The van der Waals surface area contributed by atoms with Crippen molar-refractivity contribution in [2.24, 2.45) is 0 Å². The molecule has 1 saturated heterocycles. The molecule has 1 N–H and O–H groups in total. The maximum Gasteiger partial charge on any atom is 0.258 e. The number of anilines is 2. The number of morpholine rings is 1. The Hall–Kier alpha value is -2.82. The lowest BCUT2D eigenvalue weighted by molar-refractivity contribution is -0.116. The van der Waals surface area contributed by atoms with Crippen LogP contribution in [0.4, 0.5) is 15.8 Å². The van der Waals surface area contributed by atoms with Gasteiger partial charge in [-0.25, -0.2) is 12.8 Å². The first kappa shape index (κ1) is 21.9. The second-order valence-electron chi connectivity index (χ2n) is 6.74. The van der Waals surface area contributed by atoms with Crippen LogP contribution in [-0.4, -0.2) is 57.9 Å². The molecule has 0 aromatic heterocycles. The summed E-state index contributed by atoms with van der Waals surface area (Å²) in [6.45, 7) is 2.38. The minimum atomic E-state index is -3.86. The molecule has 0 aliphatic carbocycles. The summed E-state index contributed by atoms with van der Waals surface area (Å²) in [7, 11) is -2.24. The Balaban J connectivity index is 1.81. The van der Waals surface area contributed by atoms with Gasteiger partial charge < -0.3 is 15.0 Å². The quantitative estimate of drug-likeness (QED) is 0.776. The smallest absolute Gasteiger partial charge is 0.258 e. The highest BCUT2D eigenvalue weighted by Crippen LogP contribution is 2.22. The zero-order valence-electron chi connectivity index (χ0n) is 16.6. The van der Waals surface area contributed by atoms with Gasteiger partial charge in [-0.05, 0) is 42.5 Å². The summed E-state index contributed by atoms with van der Waals surface area (Å²) in [5.41, 5.74) is 0.626. The number of carbonyl (C=O) groups excluding carboxylic acids is 2. The highest BCUT2D eigenvalue weighted by atomic mass is 32.2. The normalized spacial score (nSPS) is 14.9. The van der Waals surface area contributed by atoms with Crippen molar-refractivity contribution in [3.8, 4) is 0 Å². The van der Waals surface area contributed by atoms with Gasteiger partial charge in [0.15, 0.2) is 0 Å². The van der Waals surface area contributed by atoms with Crippen molar-refractivity contribution in [3.05, 3.63) is 53.8 Å². The molecule has 1 aliphatic heterocycles. The van der Waals surface area contributed by atoms with Crippen LogP contribution >= 0.6 is 0 Å². The van der Waals surface area contributed by atoms with E-state index in [1.54, 1.807) is 31.3 Å². The molecule has 160 valence electrons. The Kier molecular flexibility index (Phi) is 6.49. The minimum absolute atomic E-state index is 0.146. The predicted octanol–water partition coefficient (Wildman–Crippen LogP) is 2.08. The zero-order chi connectivity index (χ0) is 21.9. The highest BCUT2D eigenvalue weighted by molar-refractivity contribution is 7.89. The van der Waals surface area contributed by atoms with E-state index in [0.29, 0.717) is 11.4 Å². The van der Waals surface area contributed by atoms with Crippen LogP contribution in [0.2, 0.25) is 0 Å². The molecule has 0 spiro atoms. The van der Waals surface area contributed by atoms with E-state index in [0.717, 1.165) is 18.2 Å². The molecule has 2 aromatic carbocycles. The molecule has 8 nitrogen and oxygen atoms in total. The van der Waals surface area contributed by atoms with Crippen molar-refractivity contribution in [1.29, 1.82) is 0 Å². The number of carbonyl (C=O) groups is 2. The minimum Gasteiger partial charge on any atom is -0.379 e. The van der Waals surface area contributed by atoms with Crippen LogP contribution in [0.1, 0.15) is 17.3 Å². The summed E-state index contributed by atoms with van der Waals surface area (Å²) in [4.78, 5) is 25.3. The van der Waals surface area contributed by atoms with E-state index in [2.05, 4.69) is 5.32 Å². The summed E-state index contributed by atoms with van der Waals surface area (Å²) in [5.74, 6) is -1.76. The fourth-order valence-corrected chi connectivity index (χ4v) is 4.36. The monoisotopic (exact) mass is 435 g/mol. The Labute approximate surface area is 174 Å². The number of hydrogen-bond donors (Lipinski definition) is 1. The van der Waals surface area contributed by atoms with Crippen LogP contribution < -0.4 is 10.2 Å². The average molecular weight is 435 g/mol. The van der Waals surface area contributed by atoms with E-state index in [1.165, 1.54) is 16.1 Å². The molecule has 3 rings (SSSR count). The molecule has 0 radical (unpaired) electrons. The van der Waals surface area contributed by atoms with Crippen molar-refractivity contribution in [3.63, 3.8) is 0 Å². The van der Waals surface area contributed by atoms with Crippen LogP contribution in [0.15, 0.2) is 47.4 Å². The summed E-state index contributed by atoms with van der Waals surface area (Å²) >= 11 is 0. The molecule has 0 bridgehead atoms. The molecule has 10 heteroatoms. The van der Waals surface area contributed by atoms with Gasteiger partial charge >= 0.3 is 0 Å². The third kappa shape index (κ3) is 4.66. The second kappa shape index (κ2) is 8.90. The van der Waals surface area contributed by atoms with E-state index in [4.69, 9.17) is 4.74 Å². The summed E-state index contributed by atoms with van der Waals surface area (Å²) in [5, 5.41) is 2.54. The molecule has 0 saturated carbocycles. The lowest BCUT2D eigenvalue weighted by Gasteiger charge is -2.26. The third-order valence-corrected chi connectivity index (χ3v) is 6.67. The molecule has 1 fully saturated rings. The second-order valence-corrected chi connectivity index (χ2v) is 8.68. The predicted molar refractivity (Wildman–Crippen MR) is 109 cm³/mol. The first-order valence-corrected chi connectivity index (χ1v) is 10.7. The Bertz CT molecular complexity index is 1050. The van der Waals surface area contributed by atoms with E-state index < -0.39 is 21.7 Å². The van der Waals surface area contributed by atoms with Crippen LogP contribution in [-0.2, 0) is 19.6 Å². The van der Waals surface area contributed by atoms with Crippen LogP contribution in [0.3, 0.4) is 0 Å². The van der Waals surface area contributed by atoms with Gasteiger partial charge in [0.25, 0.3) is 5.91 Å². The number of sulfonamides is 1. The Morgan fingerprint density at radius 2 is 1.73 bits per heavy atom. The molecule has 0 atom stereocenters. The summed E-state index contributed by atoms with van der Waals surface area (Å²) in [6.07, 6.45) is 0. The van der Waals surface area contributed by atoms with Crippen LogP contribution in [0, 0.1) is 5.82 Å². The number of nitrogens with zero attached hydrogens (tertiary/aromatic N) is 2. The van der Waals surface area contributed by atoms with Gasteiger partial charge in [-0.3, -0.25) is 9.59 Å². The Morgan fingerprint density at radius 3 is 2.33 bits per heavy atom. The highest BCUT2D eigenvalue weighted by Gasteiger charge is 2.28. The molecular weight excluding hydrogens is 413 g/mol.